The lowest BCUT2D eigenvalue weighted by molar-refractivity contribution is 0.483. The van der Waals surface area contributed by atoms with Crippen LogP contribution in [0.3, 0.4) is 0 Å². The first-order valence-corrected chi connectivity index (χ1v) is 11.3. The molecule has 4 N–H and O–H groups in total. The molecule has 0 bridgehead atoms. The van der Waals surface area contributed by atoms with Crippen molar-refractivity contribution >= 4 is 63.4 Å². The van der Waals surface area contributed by atoms with Gasteiger partial charge in [-0.15, -0.1) is 12.4 Å². The number of rotatable bonds is 5. The highest BCUT2D eigenvalue weighted by Crippen LogP contribution is 2.29. The number of benzene rings is 2. The molecule has 1 aliphatic rings. The Hall–Kier alpha value is -2.89. The summed E-state index contributed by atoms with van der Waals surface area (Å²) in [6.45, 7) is 1.48. The minimum absolute atomic E-state index is 0. The van der Waals surface area contributed by atoms with Crippen molar-refractivity contribution in [2.45, 2.75) is 12.5 Å². The van der Waals surface area contributed by atoms with Crippen molar-refractivity contribution in [1.29, 1.82) is 0 Å². The van der Waals surface area contributed by atoms with E-state index in [1.807, 2.05) is 54.6 Å². The number of nitrogens with one attached hydrogen (secondary N) is 2. The summed E-state index contributed by atoms with van der Waals surface area (Å²) in [5.74, 6) is 2.51. The number of halogens is 2. The van der Waals surface area contributed by atoms with E-state index in [4.69, 9.17) is 15.5 Å². The van der Waals surface area contributed by atoms with Gasteiger partial charge in [0.25, 0.3) is 5.56 Å². The molecule has 1 aliphatic heterocycles. The van der Waals surface area contributed by atoms with Crippen LogP contribution in [-0.2, 0) is 0 Å². The van der Waals surface area contributed by atoms with Gasteiger partial charge in [-0.25, -0.2) is 4.98 Å². The van der Waals surface area contributed by atoms with Crippen molar-refractivity contribution in [2.24, 2.45) is 5.73 Å². The Balaban J connectivity index is 0.00000259. The van der Waals surface area contributed by atoms with Crippen molar-refractivity contribution in [1.82, 2.24) is 15.0 Å². The topological polar surface area (TPSA) is 109 Å². The van der Waals surface area contributed by atoms with Gasteiger partial charge in [-0.1, -0.05) is 18.2 Å². The van der Waals surface area contributed by atoms with Crippen LogP contribution < -0.4 is 26.2 Å². The van der Waals surface area contributed by atoms with Crippen LogP contribution in [0.25, 0.3) is 10.9 Å². The number of aromatic nitrogens is 3. The van der Waals surface area contributed by atoms with Crippen LogP contribution in [0.4, 0.5) is 17.5 Å². The van der Waals surface area contributed by atoms with Crippen LogP contribution >= 0.6 is 35.0 Å². The van der Waals surface area contributed by atoms with E-state index in [-0.39, 0.29) is 24.0 Å². The molecule has 170 valence electrons. The Labute approximate surface area is 210 Å². The first-order chi connectivity index (χ1) is 15.6. The third kappa shape index (κ3) is 5.05. The molecule has 33 heavy (non-hydrogen) atoms. The van der Waals surface area contributed by atoms with Gasteiger partial charge in [-0.3, -0.25) is 4.79 Å². The fraction of sp³-hybridized carbons (Fsp3) is 0.174. The van der Waals surface area contributed by atoms with Gasteiger partial charge in [0, 0.05) is 31.0 Å². The monoisotopic (exact) mass is 576 g/mol. The summed E-state index contributed by atoms with van der Waals surface area (Å²) in [5.41, 5.74) is 7.24. The van der Waals surface area contributed by atoms with Crippen LogP contribution in [0.2, 0.25) is 0 Å². The zero-order chi connectivity index (χ0) is 22.1. The summed E-state index contributed by atoms with van der Waals surface area (Å²) < 4.78 is 6.70. The smallest absolute Gasteiger partial charge is 0.261 e. The first-order valence-electron chi connectivity index (χ1n) is 10.3. The molecule has 1 unspecified atom stereocenters. The Morgan fingerprint density at radius 2 is 1.82 bits per heavy atom. The predicted octanol–water partition coefficient (Wildman–Crippen LogP) is 4.42. The number of aromatic amines is 1. The van der Waals surface area contributed by atoms with Gasteiger partial charge in [0.2, 0.25) is 5.95 Å². The van der Waals surface area contributed by atoms with Crippen molar-refractivity contribution in [3.63, 3.8) is 0 Å². The summed E-state index contributed by atoms with van der Waals surface area (Å²) in [6.07, 6.45) is 2.55. The standard InChI is InChI=1S/C23H21IN6O2.ClH/c24-18-12-26-22(31)19-20(18)28-23(30-11-10-14(25)13-30)29-21(19)27-15-6-8-17(9-7-15)32-16-4-2-1-3-5-16;/h1-9,12,14H,10-11,13,25H2,(H,26,31)(H,27,28,29);1H. The Morgan fingerprint density at radius 3 is 2.52 bits per heavy atom. The Bertz CT molecular complexity index is 1320. The number of hydrogen-bond acceptors (Lipinski definition) is 7. The molecule has 8 nitrogen and oxygen atoms in total. The number of H-pyrrole nitrogens is 1. The Morgan fingerprint density at radius 1 is 1.09 bits per heavy atom. The number of fused-ring (bicyclic) bond motifs is 1. The minimum Gasteiger partial charge on any atom is -0.457 e. The lowest BCUT2D eigenvalue weighted by Crippen LogP contribution is -2.28. The maximum atomic E-state index is 12.7. The number of pyridine rings is 1. The molecule has 0 saturated carbocycles. The second-order valence-corrected chi connectivity index (χ2v) is 8.78. The van der Waals surface area contributed by atoms with Crippen LogP contribution in [0, 0.1) is 3.57 Å². The van der Waals surface area contributed by atoms with Gasteiger partial charge in [0.1, 0.15) is 22.7 Å². The molecule has 2 aromatic carbocycles. The first kappa shape index (κ1) is 23.3. The van der Waals surface area contributed by atoms with Crippen molar-refractivity contribution < 1.29 is 4.74 Å². The van der Waals surface area contributed by atoms with Crippen LogP contribution in [-0.4, -0.2) is 34.1 Å². The summed E-state index contributed by atoms with van der Waals surface area (Å²) in [4.78, 5) is 26.9. The van der Waals surface area contributed by atoms with Gasteiger partial charge in [0.05, 0.1) is 9.09 Å². The van der Waals surface area contributed by atoms with Crippen molar-refractivity contribution in [3.05, 3.63) is 74.7 Å². The van der Waals surface area contributed by atoms with Gasteiger partial charge >= 0.3 is 0 Å². The normalized spacial score (nSPS) is 15.3. The van der Waals surface area contributed by atoms with Gasteiger partial charge in [0.15, 0.2) is 0 Å². The molecule has 1 atom stereocenters. The third-order valence-corrected chi connectivity index (χ3v) is 6.11. The molecule has 0 radical (unpaired) electrons. The quantitative estimate of drug-likeness (QED) is 0.302. The van der Waals surface area contributed by atoms with E-state index in [0.29, 0.717) is 35.0 Å². The van der Waals surface area contributed by atoms with Gasteiger partial charge < -0.3 is 25.7 Å². The van der Waals surface area contributed by atoms with E-state index < -0.39 is 0 Å². The van der Waals surface area contributed by atoms with Gasteiger partial charge in [-0.05, 0) is 65.4 Å². The highest BCUT2D eigenvalue weighted by atomic mass is 127. The van der Waals surface area contributed by atoms with E-state index in [0.717, 1.165) is 28.0 Å². The van der Waals surface area contributed by atoms with Crippen molar-refractivity contribution in [2.75, 3.05) is 23.3 Å². The minimum atomic E-state index is -0.239. The number of hydrogen-bond donors (Lipinski definition) is 3. The highest BCUT2D eigenvalue weighted by Gasteiger charge is 2.24. The van der Waals surface area contributed by atoms with Crippen molar-refractivity contribution in [3.8, 4) is 11.5 Å². The van der Waals surface area contributed by atoms with E-state index in [9.17, 15) is 4.79 Å². The highest BCUT2D eigenvalue weighted by molar-refractivity contribution is 14.1. The molecule has 10 heteroatoms. The summed E-state index contributed by atoms with van der Waals surface area (Å²) in [6, 6.07) is 17.2. The average molecular weight is 577 g/mol. The number of ether oxygens (including phenoxy) is 1. The van der Waals surface area contributed by atoms with E-state index >= 15 is 0 Å². The lowest BCUT2D eigenvalue weighted by Gasteiger charge is -2.18. The molecule has 3 heterocycles. The fourth-order valence-corrected chi connectivity index (χ4v) is 4.22. The van der Waals surface area contributed by atoms with Gasteiger partial charge in [-0.2, -0.15) is 4.98 Å². The molecule has 1 fully saturated rings. The molecule has 0 aliphatic carbocycles. The molecule has 0 spiro atoms. The summed E-state index contributed by atoms with van der Waals surface area (Å²) in [7, 11) is 0. The zero-order valence-electron chi connectivity index (χ0n) is 17.5. The molecule has 4 aromatic rings. The predicted molar refractivity (Wildman–Crippen MR) is 141 cm³/mol. The number of para-hydroxylation sites is 1. The maximum Gasteiger partial charge on any atom is 0.261 e. The zero-order valence-corrected chi connectivity index (χ0v) is 20.5. The molecule has 2 aromatic heterocycles. The molecular formula is C23H22ClIN6O2. The largest absolute Gasteiger partial charge is 0.457 e. The lowest BCUT2D eigenvalue weighted by atomic mass is 10.2. The molecular weight excluding hydrogens is 555 g/mol. The third-order valence-electron chi connectivity index (χ3n) is 5.28. The van der Waals surface area contributed by atoms with Crippen LogP contribution in [0.15, 0.2) is 65.6 Å². The molecule has 0 amide bonds. The number of nitrogens with two attached hydrogens (primary N) is 1. The van der Waals surface area contributed by atoms with E-state index in [1.165, 1.54) is 0 Å². The van der Waals surface area contributed by atoms with E-state index in [2.05, 4.69) is 42.8 Å². The average Bonchev–Trinajstić information content (AvgIpc) is 3.24. The fourth-order valence-electron chi connectivity index (χ4n) is 3.67. The second kappa shape index (κ2) is 9.94. The maximum absolute atomic E-state index is 12.7. The summed E-state index contributed by atoms with van der Waals surface area (Å²) in [5, 5.41) is 3.72. The number of anilines is 3. The molecule has 1 saturated heterocycles. The molecule has 5 rings (SSSR count). The SMILES string of the molecule is Cl.NC1CCN(c2nc(Nc3ccc(Oc4ccccc4)cc3)c3c(=O)[nH]cc(I)c3n2)C1. The van der Waals surface area contributed by atoms with Crippen LogP contribution in [0.5, 0.6) is 11.5 Å². The Kier molecular flexibility index (Phi) is 7.01. The van der Waals surface area contributed by atoms with E-state index in [1.54, 1.807) is 6.20 Å². The number of nitrogens with zero attached hydrogens (tertiary/aromatic N) is 3. The summed E-state index contributed by atoms with van der Waals surface area (Å²) >= 11 is 2.17. The second-order valence-electron chi connectivity index (χ2n) is 7.62. The van der Waals surface area contributed by atoms with Crippen LogP contribution in [0.1, 0.15) is 6.42 Å².